The van der Waals surface area contributed by atoms with E-state index in [1.807, 2.05) is 12.4 Å². The lowest BCUT2D eigenvalue weighted by molar-refractivity contribution is 0.340. The average Bonchev–Trinajstić information content (AvgIpc) is 2.67. The van der Waals surface area contributed by atoms with Crippen LogP contribution in [-0.2, 0) is 0 Å². The Bertz CT molecular complexity index is 315. The molecule has 0 amide bonds. The predicted octanol–water partition coefficient (Wildman–Crippen LogP) is 3.48. The SMILES string of the molecule is CC(c1ccncc1)C(N)C1CCCCCC1. The van der Waals surface area contributed by atoms with Crippen LogP contribution in [-0.4, -0.2) is 11.0 Å². The van der Waals surface area contributed by atoms with Crippen LogP contribution in [0.3, 0.4) is 0 Å². The van der Waals surface area contributed by atoms with Gasteiger partial charge in [-0.15, -0.1) is 0 Å². The lowest BCUT2D eigenvalue weighted by Crippen LogP contribution is -2.35. The Balaban J connectivity index is 2.00. The maximum atomic E-state index is 6.47. The van der Waals surface area contributed by atoms with Crippen molar-refractivity contribution in [1.29, 1.82) is 0 Å². The summed E-state index contributed by atoms with van der Waals surface area (Å²) in [5, 5.41) is 0. The highest BCUT2D eigenvalue weighted by Gasteiger charge is 2.24. The third-order valence-corrected chi connectivity index (χ3v) is 4.25. The molecule has 0 aromatic carbocycles. The molecule has 1 heterocycles. The first kappa shape index (κ1) is 12.6. The van der Waals surface area contributed by atoms with Crippen LogP contribution < -0.4 is 5.73 Å². The second-order valence-electron chi connectivity index (χ2n) is 5.40. The molecule has 2 unspecified atom stereocenters. The molecule has 0 aliphatic heterocycles. The molecule has 2 N–H and O–H groups in total. The molecule has 2 atom stereocenters. The minimum Gasteiger partial charge on any atom is -0.327 e. The summed E-state index contributed by atoms with van der Waals surface area (Å²) in [6, 6.07) is 4.50. The Hall–Kier alpha value is -0.890. The molecule has 0 radical (unpaired) electrons. The van der Waals surface area contributed by atoms with Gasteiger partial charge in [0.1, 0.15) is 0 Å². The fourth-order valence-electron chi connectivity index (χ4n) is 2.99. The zero-order valence-electron chi connectivity index (χ0n) is 10.8. The van der Waals surface area contributed by atoms with Gasteiger partial charge in [0.2, 0.25) is 0 Å². The molecular formula is C15H24N2. The number of nitrogens with zero attached hydrogens (tertiary/aromatic N) is 1. The van der Waals surface area contributed by atoms with Gasteiger partial charge in [-0.2, -0.15) is 0 Å². The Morgan fingerprint density at radius 2 is 1.71 bits per heavy atom. The topological polar surface area (TPSA) is 38.9 Å². The minimum absolute atomic E-state index is 0.301. The normalized spacial score (nSPS) is 21.8. The van der Waals surface area contributed by atoms with Crippen LogP contribution in [0.1, 0.15) is 56.9 Å². The highest BCUT2D eigenvalue weighted by Crippen LogP contribution is 2.31. The van der Waals surface area contributed by atoms with Crippen LogP contribution in [0.5, 0.6) is 0 Å². The summed E-state index contributed by atoms with van der Waals surface area (Å²) in [6.45, 7) is 2.25. The molecule has 0 spiro atoms. The van der Waals surface area contributed by atoms with E-state index in [1.165, 1.54) is 44.1 Å². The van der Waals surface area contributed by atoms with Crippen molar-refractivity contribution in [3.05, 3.63) is 30.1 Å². The quantitative estimate of drug-likeness (QED) is 0.810. The van der Waals surface area contributed by atoms with Crippen molar-refractivity contribution in [2.75, 3.05) is 0 Å². The molecule has 2 rings (SSSR count). The lowest BCUT2D eigenvalue weighted by Gasteiger charge is -2.28. The van der Waals surface area contributed by atoms with Crippen LogP contribution in [0.2, 0.25) is 0 Å². The highest BCUT2D eigenvalue weighted by molar-refractivity contribution is 5.17. The summed E-state index contributed by atoms with van der Waals surface area (Å²) in [6.07, 6.45) is 11.9. The van der Waals surface area contributed by atoms with Crippen molar-refractivity contribution < 1.29 is 0 Å². The van der Waals surface area contributed by atoms with E-state index in [0.29, 0.717) is 17.9 Å². The van der Waals surface area contributed by atoms with Gasteiger partial charge in [0, 0.05) is 18.4 Å². The smallest absolute Gasteiger partial charge is 0.0270 e. The van der Waals surface area contributed by atoms with E-state index in [4.69, 9.17) is 5.73 Å². The standard InChI is InChI=1S/C15H24N2/c1-12(13-8-10-17-11-9-13)15(16)14-6-4-2-3-5-7-14/h8-12,14-15H,2-7,16H2,1H3. The Kier molecular flexibility index (Phi) is 4.55. The van der Waals surface area contributed by atoms with Crippen LogP contribution in [0.15, 0.2) is 24.5 Å². The molecule has 2 nitrogen and oxygen atoms in total. The van der Waals surface area contributed by atoms with Crippen molar-refractivity contribution in [2.45, 2.75) is 57.4 Å². The summed E-state index contributed by atoms with van der Waals surface area (Å²) in [7, 11) is 0. The average molecular weight is 232 g/mol. The van der Waals surface area contributed by atoms with E-state index < -0.39 is 0 Å². The number of hydrogen-bond acceptors (Lipinski definition) is 2. The van der Waals surface area contributed by atoms with Crippen molar-refractivity contribution in [3.8, 4) is 0 Å². The first-order valence-electron chi connectivity index (χ1n) is 6.94. The first-order valence-corrected chi connectivity index (χ1v) is 6.94. The number of pyridine rings is 1. The summed E-state index contributed by atoms with van der Waals surface area (Å²) in [4.78, 5) is 4.07. The van der Waals surface area contributed by atoms with Crippen molar-refractivity contribution in [1.82, 2.24) is 4.98 Å². The van der Waals surface area contributed by atoms with Gasteiger partial charge >= 0.3 is 0 Å². The number of hydrogen-bond donors (Lipinski definition) is 1. The van der Waals surface area contributed by atoms with Crippen molar-refractivity contribution >= 4 is 0 Å². The van der Waals surface area contributed by atoms with E-state index in [2.05, 4.69) is 24.0 Å². The Morgan fingerprint density at radius 1 is 1.12 bits per heavy atom. The van der Waals surface area contributed by atoms with E-state index in [1.54, 1.807) is 0 Å². The number of rotatable bonds is 3. The Labute approximate surface area is 105 Å². The molecule has 17 heavy (non-hydrogen) atoms. The van der Waals surface area contributed by atoms with Gasteiger partial charge in [-0.25, -0.2) is 0 Å². The molecule has 0 bridgehead atoms. The van der Waals surface area contributed by atoms with Crippen LogP contribution in [0.25, 0.3) is 0 Å². The summed E-state index contributed by atoms with van der Waals surface area (Å²) >= 11 is 0. The fourth-order valence-corrected chi connectivity index (χ4v) is 2.99. The molecule has 2 heteroatoms. The molecule has 1 aromatic rings. The maximum Gasteiger partial charge on any atom is 0.0270 e. The summed E-state index contributed by atoms with van der Waals surface area (Å²) in [5.74, 6) is 1.15. The zero-order valence-corrected chi connectivity index (χ0v) is 10.8. The third kappa shape index (κ3) is 3.29. The van der Waals surface area contributed by atoms with E-state index in [9.17, 15) is 0 Å². The zero-order chi connectivity index (χ0) is 12.1. The second kappa shape index (κ2) is 6.15. The first-order chi connectivity index (χ1) is 8.29. The van der Waals surface area contributed by atoms with Crippen molar-refractivity contribution in [2.24, 2.45) is 11.7 Å². The second-order valence-corrected chi connectivity index (χ2v) is 5.40. The highest BCUT2D eigenvalue weighted by atomic mass is 14.7. The number of aromatic nitrogens is 1. The molecule has 0 saturated heterocycles. The van der Waals surface area contributed by atoms with Gasteiger partial charge in [-0.3, -0.25) is 4.98 Å². The molecule has 1 aliphatic rings. The molecular weight excluding hydrogens is 208 g/mol. The van der Waals surface area contributed by atoms with Crippen LogP contribution in [0.4, 0.5) is 0 Å². The largest absolute Gasteiger partial charge is 0.327 e. The monoisotopic (exact) mass is 232 g/mol. The maximum absolute atomic E-state index is 6.47. The van der Waals surface area contributed by atoms with Gasteiger partial charge < -0.3 is 5.73 Å². The van der Waals surface area contributed by atoms with Gasteiger partial charge in [0.25, 0.3) is 0 Å². The lowest BCUT2D eigenvalue weighted by atomic mass is 9.82. The molecule has 1 aromatic heterocycles. The van der Waals surface area contributed by atoms with Crippen LogP contribution >= 0.6 is 0 Å². The van der Waals surface area contributed by atoms with Gasteiger partial charge in [-0.05, 0) is 42.4 Å². The molecule has 1 saturated carbocycles. The summed E-state index contributed by atoms with van der Waals surface area (Å²) in [5.41, 5.74) is 7.80. The molecule has 94 valence electrons. The predicted molar refractivity (Wildman–Crippen MR) is 71.8 cm³/mol. The Morgan fingerprint density at radius 3 is 2.29 bits per heavy atom. The van der Waals surface area contributed by atoms with Crippen molar-refractivity contribution in [3.63, 3.8) is 0 Å². The van der Waals surface area contributed by atoms with E-state index >= 15 is 0 Å². The fraction of sp³-hybridized carbons (Fsp3) is 0.667. The van der Waals surface area contributed by atoms with Gasteiger partial charge in [0.05, 0.1) is 0 Å². The number of nitrogens with two attached hydrogens (primary N) is 1. The molecule has 1 aliphatic carbocycles. The summed E-state index contributed by atoms with van der Waals surface area (Å²) < 4.78 is 0. The van der Waals surface area contributed by atoms with Gasteiger partial charge in [0.15, 0.2) is 0 Å². The minimum atomic E-state index is 0.301. The van der Waals surface area contributed by atoms with Gasteiger partial charge in [-0.1, -0.05) is 32.6 Å². The molecule has 1 fully saturated rings. The van der Waals surface area contributed by atoms with Crippen LogP contribution in [0, 0.1) is 5.92 Å². The third-order valence-electron chi connectivity index (χ3n) is 4.25. The van der Waals surface area contributed by atoms with E-state index in [0.717, 1.165) is 0 Å². The van der Waals surface area contributed by atoms with E-state index in [-0.39, 0.29) is 0 Å².